The lowest BCUT2D eigenvalue weighted by atomic mass is 9.74. The number of carbonyl (C=O) groups excluding carboxylic acids is 2. The molecular weight excluding hydrogens is 406 g/mol. The predicted octanol–water partition coefficient (Wildman–Crippen LogP) is 2.94. The van der Waals surface area contributed by atoms with E-state index in [1.54, 1.807) is 45.0 Å². The molecule has 0 aromatic heterocycles. The number of esters is 2. The molecule has 30 heavy (non-hydrogen) atoms. The molecule has 0 aliphatic carbocycles. The first-order chi connectivity index (χ1) is 14.1. The van der Waals surface area contributed by atoms with Crippen molar-refractivity contribution in [3.05, 3.63) is 42.0 Å². The fourth-order valence-electron chi connectivity index (χ4n) is 3.85. The molecule has 1 heterocycles. The van der Waals surface area contributed by atoms with E-state index in [-0.39, 0.29) is 37.1 Å². The van der Waals surface area contributed by atoms with Crippen LogP contribution in [0.3, 0.4) is 0 Å². The molecule has 1 fully saturated rings. The van der Waals surface area contributed by atoms with Gasteiger partial charge >= 0.3 is 11.9 Å². The lowest BCUT2D eigenvalue weighted by molar-refractivity contribution is -0.166. The first-order valence-corrected chi connectivity index (χ1v) is 11.6. The smallest absolute Gasteiger partial charge is 0.320 e. The minimum atomic E-state index is -3.70. The zero-order valence-electron chi connectivity index (χ0n) is 18.1. The summed E-state index contributed by atoms with van der Waals surface area (Å²) >= 11 is 0. The number of hydrogen-bond acceptors (Lipinski definition) is 6. The number of sulfonamides is 1. The van der Waals surface area contributed by atoms with Crippen LogP contribution in [0.4, 0.5) is 0 Å². The first-order valence-electron chi connectivity index (χ1n) is 10.2. The molecule has 0 bridgehead atoms. The summed E-state index contributed by atoms with van der Waals surface area (Å²) in [7, 11) is -3.70. The third kappa shape index (κ3) is 5.29. The van der Waals surface area contributed by atoms with Gasteiger partial charge in [-0.05, 0) is 58.1 Å². The molecule has 2 rings (SSSR count). The fourth-order valence-corrected chi connectivity index (χ4v) is 5.33. The van der Waals surface area contributed by atoms with Crippen molar-refractivity contribution in [2.45, 2.75) is 39.0 Å². The zero-order valence-corrected chi connectivity index (χ0v) is 18.9. The summed E-state index contributed by atoms with van der Waals surface area (Å²) in [6.45, 7) is 11.7. The highest BCUT2D eigenvalue weighted by molar-refractivity contribution is 7.89. The summed E-state index contributed by atoms with van der Waals surface area (Å²) in [6.07, 6.45) is 0.324. The van der Waals surface area contributed by atoms with E-state index in [1.165, 1.54) is 4.31 Å². The van der Waals surface area contributed by atoms with Crippen molar-refractivity contribution in [1.29, 1.82) is 0 Å². The molecule has 0 N–H and O–H groups in total. The molecule has 1 aliphatic rings. The van der Waals surface area contributed by atoms with Gasteiger partial charge in [-0.25, -0.2) is 8.42 Å². The average molecular weight is 438 g/mol. The fraction of sp³-hybridized carbons (Fsp3) is 0.545. The van der Waals surface area contributed by atoms with Gasteiger partial charge in [-0.15, -0.1) is 0 Å². The summed E-state index contributed by atoms with van der Waals surface area (Å²) in [6, 6.07) is 6.69. The maximum Gasteiger partial charge on any atom is 0.320 e. The minimum absolute atomic E-state index is 0.144. The molecule has 2 atom stereocenters. The van der Waals surface area contributed by atoms with Crippen molar-refractivity contribution in [2.75, 3.05) is 26.3 Å². The van der Waals surface area contributed by atoms with E-state index in [1.807, 2.05) is 6.92 Å². The molecule has 0 amide bonds. The summed E-state index contributed by atoms with van der Waals surface area (Å²) in [5, 5.41) is 0. The Morgan fingerprint density at radius 1 is 1.13 bits per heavy atom. The van der Waals surface area contributed by atoms with Gasteiger partial charge in [0.05, 0.1) is 18.1 Å². The maximum atomic E-state index is 13.1. The quantitative estimate of drug-likeness (QED) is 0.353. The molecule has 166 valence electrons. The first kappa shape index (κ1) is 24.1. The SMILES string of the molecule is C=C(C)[C@H]1CN(S(=O)(=O)c2ccc(C)cc2)CC[C@@H]1C(C(=O)OCC)C(=O)OCC. The van der Waals surface area contributed by atoms with Crippen LogP contribution in [-0.2, 0) is 29.1 Å². The second-order valence-electron chi connectivity index (χ2n) is 7.56. The highest BCUT2D eigenvalue weighted by Crippen LogP contribution is 2.37. The molecule has 1 aromatic rings. The number of nitrogens with zero attached hydrogens (tertiary/aromatic N) is 1. The Morgan fingerprint density at radius 3 is 2.13 bits per heavy atom. The zero-order chi connectivity index (χ0) is 22.5. The molecule has 7 nitrogen and oxygen atoms in total. The van der Waals surface area contributed by atoms with Gasteiger partial charge in [0, 0.05) is 13.1 Å². The third-order valence-corrected chi connectivity index (χ3v) is 7.31. The van der Waals surface area contributed by atoms with E-state index in [2.05, 4.69) is 6.58 Å². The number of hydrogen-bond donors (Lipinski definition) is 0. The average Bonchev–Trinajstić information content (AvgIpc) is 2.69. The Balaban J connectivity index is 2.33. The largest absolute Gasteiger partial charge is 0.465 e. The van der Waals surface area contributed by atoms with E-state index in [4.69, 9.17) is 9.47 Å². The highest BCUT2D eigenvalue weighted by atomic mass is 32.2. The molecular formula is C22H31NO6S. The van der Waals surface area contributed by atoms with Crippen molar-refractivity contribution >= 4 is 22.0 Å². The molecule has 8 heteroatoms. The Morgan fingerprint density at radius 2 is 1.67 bits per heavy atom. The van der Waals surface area contributed by atoms with E-state index in [0.29, 0.717) is 12.0 Å². The molecule has 1 aromatic carbocycles. The highest BCUT2D eigenvalue weighted by Gasteiger charge is 2.46. The second-order valence-corrected chi connectivity index (χ2v) is 9.50. The number of carbonyl (C=O) groups is 2. The van der Waals surface area contributed by atoms with Gasteiger partial charge in [-0.3, -0.25) is 9.59 Å². The summed E-state index contributed by atoms with van der Waals surface area (Å²) in [5.41, 5.74) is 1.68. The van der Waals surface area contributed by atoms with Crippen molar-refractivity contribution in [2.24, 2.45) is 17.8 Å². The number of rotatable bonds is 8. The van der Waals surface area contributed by atoms with Gasteiger partial charge in [0.25, 0.3) is 0 Å². The van der Waals surface area contributed by atoms with Gasteiger partial charge in [0.15, 0.2) is 5.92 Å². The maximum absolute atomic E-state index is 13.1. The predicted molar refractivity (Wildman–Crippen MR) is 113 cm³/mol. The normalized spacial score (nSPS) is 20.0. The lowest BCUT2D eigenvalue weighted by Crippen LogP contribution is -2.49. The summed E-state index contributed by atoms with van der Waals surface area (Å²) in [4.78, 5) is 25.4. The Kier molecular flexibility index (Phi) is 8.20. The Bertz CT molecular complexity index is 859. The molecule has 0 saturated carbocycles. The number of ether oxygens (including phenoxy) is 2. The van der Waals surface area contributed by atoms with Crippen molar-refractivity contribution in [3.63, 3.8) is 0 Å². The van der Waals surface area contributed by atoms with Crippen molar-refractivity contribution in [3.8, 4) is 0 Å². The summed E-state index contributed by atoms with van der Waals surface area (Å²) < 4.78 is 37.9. The minimum Gasteiger partial charge on any atom is -0.465 e. The number of benzene rings is 1. The van der Waals surface area contributed by atoms with E-state index in [9.17, 15) is 18.0 Å². The van der Waals surface area contributed by atoms with Crippen LogP contribution in [0.15, 0.2) is 41.3 Å². The monoisotopic (exact) mass is 437 g/mol. The molecule has 1 aliphatic heterocycles. The van der Waals surface area contributed by atoms with E-state index >= 15 is 0 Å². The number of piperidine rings is 1. The van der Waals surface area contributed by atoms with Gasteiger partial charge in [0.2, 0.25) is 10.0 Å². The second kappa shape index (κ2) is 10.2. The molecule has 0 spiro atoms. The van der Waals surface area contributed by atoms with Gasteiger partial charge in [-0.2, -0.15) is 4.31 Å². The molecule has 0 radical (unpaired) electrons. The standard InChI is InChI=1S/C22H31NO6S/c1-6-28-21(24)20(22(25)29-7-2)18-12-13-23(14-19(18)15(3)4)30(26,27)17-10-8-16(5)9-11-17/h8-11,18-20H,3,6-7,12-14H2,1-2,4-5H3/t18-,19+/m0/s1. The lowest BCUT2D eigenvalue weighted by Gasteiger charge is -2.40. The topological polar surface area (TPSA) is 90.0 Å². The van der Waals surface area contributed by atoms with Crippen molar-refractivity contribution in [1.82, 2.24) is 4.31 Å². The Labute approximate surface area is 179 Å². The van der Waals surface area contributed by atoms with Crippen LogP contribution in [-0.4, -0.2) is 51.0 Å². The van der Waals surface area contributed by atoms with E-state index < -0.39 is 33.8 Å². The van der Waals surface area contributed by atoms with Crippen LogP contribution in [0.25, 0.3) is 0 Å². The van der Waals surface area contributed by atoms with Crippen LogP contribution in [0.1, 0.15) is 32.8 Å². The van der Waals surface area contributed by atoms with Crippen LogP contribution in [0.5, 0.6) is 0 Å². The number of aryl methyl sites for hydroxylation is 1. The van der Waals surface area contributed by atoms with Crippen LogP contribution < -0.4 is 0 Å². The van der Waals surface area contributed by atoms with Crippen LogP contribution in [0.2, 0.25) is 0 Å². The summed E-state index contributed by atoms with van der Waals surface area (Å²) in [5.74, 6) is -3.19. The van der Waals surface area contributed by atoms with Gasteiger partial charge in [0.1, 0.15) is 0 Å². The molecule has 0 unspecified atom stereocenters. The van der Waals surface area contributed by atoms with Crippen LogP contribution in [0, 0.1) is 24.7 Å². The molecule has 1 saturated heterocycles. The van der Waals surface area contributed by atoms with Gasteiger partial charge in [-0.1, -0.05) is 29.8 Å². The van der Waals surface area contributed by atoms with Gasteiger partial charge < -0.3 is 9.47 Å². The Hall–Kier alpha value is -2.19. The van der Waals surface area contributed by atoms with Crippen LogP contribution >= 0.6 is 0 Å². The third-order valence-electron chi connectivity index (χ3n) is 5.43. The van der Waals surface area contributed by atoms with Crippen molar-refractivity contribution < 1.29 is 27.5 Å². The van der Waals surface area contributed by atoms with E-state index in [0.717, 1.165) is 5.56 Å².